The van der Waals surface area contributed by atoms with Crippen LogP contribution in [0.3, 0.4) is 0 Å². The molecule has 3 aromatic carbocycles. The molecule has 1 amide bonds. The first-order valence-electron chi connectivity index (χ1n) is 8.22. The Morgan fingerprint density at radius 1 is 0.962 bits per heavy atom. The number of nitrogens with zero attached hydrogens (tertiary/aromatic N) is 1. The summed E-state index contributed by atoms with van der Waals surface area (Å²) in [6.45, 7) is 0. The quantitative estimate of drug-likeness (QED) is 0.488. The van der Waals surface area contributed by atoms with Crippen LogP contribution in [0.5, 0.6) is 0 Å². The van der Waals surface area contributed by atoms with Gasteiger partial charge in [-0.2, -0.15) is 0 Å². The molecule has 4 rings (SSSR count). The number of hydrogen-bond acceptors (Lipinski definition) is 4. The molecule has 0 unspecified atom stereocenters. The molecule has 0 aliphatic heterocycles. The van der Waals surface area contributed by atoms with Crippen LogP contribution in [0.15, 0.2) is 83.3 Å². The lowest BCUT2D eigenvalue weighted by molar-refractivity contribution is 0.269. The van der Waals surface area contributed by atoms with Gasteiger partial charge < -0.3 is 9.73 Å². The van der Waals surface area contributed by atoms with E-state index in [9.17, 15) is 4.79 Å². The number of benzene rings is 3. The maximum atomic E-state index is 12.2. The number of fused-ring (bicyclic) bond motifs is 1. The Bertz CT molecular complexity index is 1030. The summed E-state index contributed by atoms with van der Waals surface area (Å²) in [6, 6.07) is 25.1. The first-order chi connectivity index (χ1) is 12.8. The third kappa shape index (κ3) is 3.78. The summed E-state index contributed by atoms with van der Waals surface area (Å²) in [5.41, 5.74) is 4.16. The minimum absolute atomic E-state index is 0.0972. The molecule has 0 aliphatic carbocycles. The third-order valence-corrected chi connectivity index (χ3v) is 4.71. The second-order valence-electron chi connectivity index (χ2n) is 5.75. The van der Waals surface area contributed by atoms with Crippen LogP contribution in [0, 0.1) is 0 Å². The fraction of sp³-hybridized carbons (Fsp3) is 0.0476. The molecule has 0 radical (unpaired) electrons. The molecule has 0 bridgehead atoms. The Kier molecular flexibility index (Phi) is 4.71. The highest BCUT2D eigenvalue weighted by Gasteiger charge is 2.10. The van der Waals surface area contributed by atoms with E-state index in [1.807, 2.05) is 78.9 Å². The number of nitrogens with one attached hydrogen (secondary N) is 1. The Balaban J connectivity index is 1.46. The molecule has 0 fully saturated rings. The molecule has 128 valence electrons. The Morgan fingerprint density at radius 2 is 1.69 bits per heavy atom. The second kappa shape index (κ2) is 7.45. The zero-order valence-electron chi connectivity index (χ0n) is 13.9. The van der Waals surface area contributed by atoms with Gasteiger partial charge in [-0.05, 0) is 35.9 Å². The third-order valence-electron chi connectivity index (χ3n) is 3.87. The van der Waals surface area contributed by atoms with Crippen molar-refractivity contribution in [1.29, 1.82) is 0 Å². The van der Waals surface area contributed by atoms with Gasteiger partial charge in [-0.3, -0.25) is 4.79 Å². The summed E-state index contributed by atoms with van der Waals surface area (Å²) in [5.74, 6) is 1.21. The average Bonchev–Trinajstić information content (AvgIpc) is 3.11. The van der Waals surface area contributed by atoms with E-state index in [4.69, 9.17) is 4.42 Å². The highest BCUT2D eigenvalue weighted by molar-refractivity contribution is 8.13. The van der Waals surface area contributed by atoms with Crippen LogP contribution in [-0.4, -0.2) is 10.2 Å². The van der Waals surface area contributed by atoms with Gasteiger partial charge >= 0.3 is 0 Å². The van der Waals surface area contributed by atoms with Crippen molar-refractivity contribution in [2.45, 2.75) is 5.75 Å². The van der Waals surface area contributed by atoms with Crippen molar-refractivity contribution in [3.8, 4) is 11.5 Å². The van der Waals surface area contributed by atoms with E-state index >= 15 is 0 Å². The average molecular weight is 360 g/mol. The fourth-order valence-corrected chi connectivity index (χ4v) is 3.27. The first kappa shape index (κ1) is 16.4. The fourth-order valence-electron chi connectivity index (χ4n) is 2.59. The van der Waals surface area contributed by atoms with Crippen molar-refractivity contribution in [3.05, 3.63) is 84.4 Å². The molecule has 1 N–H and O–H groups in total. The summed E-state index contributed by atoms with van der Waals surface area (Å²) in [5, 5.41) is 2.80. The van der Waals surface area contributed by atoms with Crippen LogP contribution in [0.25, 0.3) is 22.6 Å². The number of rotatable bonds is 4. The Labute approximate surface area is 155 Å². The van der Waals surface area contributed by atoms with Crippen LogP contribution in [0.4, 0.5) is 10.5 Å². The number of amides is 1. The molecule has 26 heavy (non-hydrogen) atoms. The van der Waals surface area contributed by atoms with Gasteiger partial charge in [0.2, 0.25) is 5.89 Å². The number of carbonyl (C=O) groups is 1. The molecule has 1 heterocycles. The van der Waals surface area contributed by atoms with Crippen molar-refractivity contribution in [3.63, 3.8) is 0 Å². The first-order valence-corrected chi connectivity index (χ1v) is 9.20. The monoisotopic (exact) mass is 360 g/mol. The predicted octanol–water partition coefficient (Wildman–Crippen LogP) is 5.96. The summed E-state index contributed by atoms with van der Waals surface area (Å²) in [4.78, 5) is 16.7. The molecule has 0 saturated heterocycles. The molecule has 0 atom stereocenters. The minimum Gasteiger partial charge on any atom is -0.436 e. The molecule has 4 aromatic rings. The zero-order valence-corrected chi connectivity index (χ0v) is 14.7. The van der Waals surface area contributed by atoms with Crippen molar-refractivity contribution in [2.75, 3.05) is 5.32 Å². The largest absolute Gasteiger partial charge is 0.436 e. The van der Waals surface area contributed by atoms with E-state index in [1.165, 1.54) is 11.8 Å². The molecule has 0 saturated carbocycles. The van der Waals surface area contributed by atoms with E-state index in [1.54, 1.807) is 0 Å². The van der Waals surface area contributed by atoms with Crippen LogP contribution in [0.1, 0.15) is 5.56 Å². The lowest BCUT2D eigenvalue weighted by atomic mass is 10.2. The molecule has 4 nitrogen and oxygen atoms in total. The second-order valence-corrected chi connectivity index (χ2v) is 6.70. The number of oxazole rings is 1. The van der Waals surface area contributed by atoms with E-state index in [-0.39, 0.29) is 5.24 Å². The van der Waals surface area contributed by atoms with Crippen molar-refractivity contribution in [1.82, 2.24) is 4.98 Å². The standard InChI is InChI=1S/C21H16N2O2S/c24-21(26-14-15-7-3-1-4-8-15)22-17-11-12-19-18(13-17)23-20(25-19)16-9-5-2-6-10-16/h1-13H,14H2,(H,22,24). The maximum absolute atomic E-state index is 12.2. The van der Waals surface area contributed by atoms with Gasteiger partial charge in [-0.1, -0.05) is 60.3 Å². The lowest BCUT2D eigenvalue weighted by Gasteiger charge is -2.04. The van der Waals surface area contributed by atoms with Gasteiger partial charge in [0, 0.05) is 17.0 Å². The van der Waals surface area contributed by atoms with Gasteiger partial charge in [-0.25, -0.2) is 4.98 Å². The topological polar surface area (TPSA) is 55.1 Å². The molecular formula is C21H16N2O2S. The summed E-state index contributed by atoms with van der Waals surface area (Å²) >= 11 is 1.24. The van der Waals surface area contributed by atoms with Crippen molar-refractivity contribution < 1.29 is 9.21 Å². The van der Waals surface area contributed by atoms with E-state index in [2.05, 4.69) is 10.3 Å². The molecular weight excluding hydrogens is 344 g/mol. The van der Waals surface area contributed by atoms with Crippen molar-refractivity contribution >= 4 is 33.8 Å². The normalized spacial score (nSPS) is 10.8. The van der Waals surface area contributed by atoms with Gasteiger partial charge in [0.15, 0.2) is 5.58 Å². The summed E-state index contributed by atoms with van der Waals surface area (Å²) in [6.07, 6.45) is 0. The lowest BCUT2D eigenvalue weighted by Crippen LogP contribution is -2.05. The molecule has 0 spiro atoms. The Morgan fingerprint density at radius 3 is 2.46 bits per heavy atom. The van der Waals surface area contributed by atoms with E-state index in [0.717, 1.165) is 16.6 Å². The number of aromatic nitrogens is 1. The number of anilines is 1. The zero-order chi connectivity index (χ0) is 17.8. The number of thioether (sulfide) groups is 1. The van der Waals surface area contributed by atoms with Crippen molar-refractivity contribution in [2.24, 2.45) is 0 Å². The predicted molar refractivity (Wildman–Crippen MR) is 106 cm³/mol. The van der Waals surface area contributed by atoms with Gasteiger partial charge in [-0.15, -0.1) is 0 Å². The van der Waals surface area contributed by atoms with Crippen LogP contribution in [-0.2, 0) is 5.75 Å². The molecule has 5 heteroatoms. The summed E-state index contributed by atoms with van der Waals surface area (Å²) < 4.78 is 5.79. The molecule has 0 aliphatic rings. The van der Waals surface area contributed by atoms with Gasteiger partial charge in [0.25, 0.3) is 5.24 Å². The van der Waals surface area contributed by atoms with Crippen LogP contribution in [0.2, 0.25) is 0 Å². The highest BCUT2D eigenvalue weighted by Crippen LogP contribution is 2.26. The number of hydrogen-bond donors (Lipinski definition) is 1. The maximum Gasteiger partial charge on any atom is 0.283 e. The summed E-state index contributed by atoms with van der Waals surface area (Å²) in [7, 11) is 0. The minimum atomic E-state index is -0.0972. The SMILES string of the molecule is O=C(Nc1ccc2oc(-c3ccccc3)nc2c1)SCc1ccccc1. The van der Waals surface area contributed by atoms with Gasteiger partial charge in [0.1, 0.15) is 5.52 Å². The number of carbonyl (C=O) groups excluding carboxylic acids is 1. The van der Waals surface area contributed by atoms with Crippen LogP contribution < -0.4 is 5.32 Å². The van der Waals surface area contributed by atoms with Gasteiger partial charge in [0.05, 0.1) is 0 Å². The smallest absolute Gasteiger partial charge is 0.283 e. The van der Waals surface area contributed by atoms with E-state index in [0.29, 0.717) is 22.9 Å². The van der Waals surface area contributed by atoms with E-state index < -0.39 is 0 Å². The van der Waals surface area contributed by atoms with Crippen LogP contribution >= 0.6 is 11.8 Å². The highest BCUT2D eigenvalue weighted by atomic mass is 32.2. The Hall–Kier alpha value is -3.05. The molecule has 1 aromatic heterocycles.